The predicted molar refractivity (Wildman–Crippen MR) is 107 cm³/mol. The van der Waals surface area contributed by atoms with Crippen LogP contribution in [0.15, 0.2) is 42.5 Å². The molecule has 0 radical (unpaired) electrons. The first-order valence-electron chi connectivity index (χ1n) is 9.15. The van der Waals surface area contributed by atoms with E-state index in [1.807, 2.05) is 12.1 Å². The van der Waals surface area contributed by atoms with E-state index in [0.717, 1.165) is 18.4 Å². The lowest BCUT2D eigenvalue weighted by Crippen LogP contribution is -2.50. The Morgan fingerprint density at radius 2 is 1.89 bits per heavy atom. The maximum absolute atomic E-state index is 12.9. The van der Waals surface area contributed by atoms with Crippen LogP contribution in [0.1, 0.15) is 35.2 Å². The van der Waals surface area contributed by atoms with Crippen LogP contribution in [0, 0.1) is 0 Å². The van der Waals surface area contributed by atoms with Gasteiger partial charge in [0.25, 0.3) is 5.91 Å². The zero-order valence-electron chi connectivity index (χ0n) is 15.7. The highest BCUT2D eigenvalue weighted by Gasteiger charge is 2.31. The molecule has 148 valence electrons. The Morgan fingerprint density at radius 1 is 1.14 bits per heavy atom. The van der Waals surface area contributed by atoms with Crippen molar-refractivity contribution in [1.82, 2.24) is 4.90 Å². The lowest BCUT2D eigenvalue weighted by molar-refractivity contribution is -0.123. The minimum Gasteiger partial charge on any atom is -0.493 e. The van der Waals surface area contributed by atoms with Crippen molar-refractivity contribution in [2.24, 2.45) is 5.73 Å². The highest BCUT2D eigenvalue weighted by molar-refractivity contribution is 6.30. The van der Waals surface area contributed by atoms with Crippen molar-refractivity contribution < 1.29 is 19.1 Å². The maximum Gasteiger partial charge on any atom is 0.254 e. The number of carbonyl (C=O) groups excluding carboxylic acids is 2. The van der Waals surface area contributed by atoms with Gasteiger partial charge in [-0.05, 0) is 55.2 Å². The number of piperidine rings is 1. The van der Waals surface area contributed by atoms with Gasteiger partial charge in [0.1, 0.15) is 12.6 Å². The van der Waals surface area contributed by atoms with Crippen LogP contribution >= 0.6 is 11.6 Å². The molecule has 0 saturated carbocycles. The largest absolute Gasteiger partial charge is 0.493 e. The van der Waals surface area contributed by atoms with Crippen molar-refractivity contribution in [3.05, 3.63) is 58.6 Å². The number of hydrogen-bond acceptors (Lipinski definition) is 4. The Balaban J connectivity index is 1.75. The van der Waals surface area contributed by atoms with Gasteiger partial charge in [-0.2, -0.15) is 0 Å². The molecule has 7 heteroatoms. The summed E-state index contributed by atoms with van der Waals surface area (Å²) in [5.41, 5.74) is 6.87. The molecule has 2 amide bonds. The SMILES string of the molecule is COc1cc(C(=O)N2CCCCC2C(N)=O)ccc1OCc1ccc(Cl)cc1. The number of ether oxygens (including phenoxy) is 2. The van der Waals surface area contributed by atoms with Gasteiger partial charge in [-0.25, -0.2) is 0 Å². The molecular weight excluding hydrogens is 380 g/mol. The van der Waals surface area contributed by atoms with Crippen LogP contribution in [0.5, 0.6) is 11.5 Å². The van der Waals surface area contributed by atoms with E-state index in [1.54, 1.807) is 35.2 Å². The summed E-state index contributed by atoms with van der Waals surface area (Å²) < 4.78 is 11.2. The Labute approximate surface area is 169 Å². The summed E-state index contributed by atoms with van der Waals surface area (Å²) in [5.74, 6) is 0.278. The Hall–Kier alpha value is -2.73. The fourth-order valence-corrected chi connectivity index (χ4v) is 3.42. The zero-order chi connectivity index (χ0) is 20.1. The molecule has 1 atom stereocenters. The summed E-state index contributed by atoms with van der Waals surface area (Å²) in [6, 6.07) is 11.8. The molecule has 0 spiro atoms. The number of nitrogens with zero attached hydrogens (tertiary/aromatic N) is 1. The van der Waals surface area contributed by atoms with Gasteiger partial charge in [0.05, 0.1) is 7.11 Å². The van der Waals surface area contributed by atoms with Crippen molar-refractivity contribution in [2.75, 3.05) is 13.7 Å². The maximum atomic E-state index is 12.9. The molecule has 6 nitrogen and oxygen atoms in total. The number of benzene rings is 2. The van der Waals surface area contributed by atoms with Crippen LogP contribution < -0.4 is 15.2 Å². The Morgan fingerprint density at radius 3 is 2.57 bits per heavy atom. The number of amides is 2. The standard InChI is InChI=1S/C21H23ClN2O4/c1-27-19-12-15(21(26)24-11-3-2-4-17(24)20(23)25)7-10-18(19)28-13-14-5-8-16(22)9-6-14/h5-10,12,17H,2-4,11,13H2,1H3,(H2,23,25). The lowest BCUT2D eigenvalue weighted by Gasteiger charge is -2.33. The van der Waals surface area contributed by atoms with E-state index in [1.165, 1.54) is 7.11 Å². The summed E-state index contributed by atoms with van der Waals surface area (Å²) in [4.78, 5) is 26.2. The minimum atomic E-state index is -0.562. The fraction of sp³-hybridized carbons (Fsp3) is 0.333. The second-order valence-corrected chi connectivity index (χ2v) is 7.13. The quantitative estimate of drug-likeness (QED) is 0.802. The van der Waals surface area contributed by atoms with E-state index in [4.69, 9.17) is 26.8 Å². The van der Waals surface area contributed by atoms with Gasteiger partial charge < -0.3 is 20.1 Å². The molecule has 0 aliphatic carbocycles. The molecule has 1 saturated heterocycles. The average Bonchev–Trinajstić information content (AvgIpc) is 2.72. The van der Waals surface area contributed by atoms with Crippen molar-refractivity contribution in [1.29, 1.82) is 0 Å². The van der Waals surface area contributed by atoms with Crippen LogP contribution in [-0.2, 0) is 11.4 Å². The average molecular weight is 403 g/mol. The van der Waals surface area contributed by atoms with E-state index in [0.29, 0.717) is 41.7 Å². The molecule has 0 aromatic heterocycles. The monoisotopic (exact) mass is 402 g/mol. The fourth-order valence-electron chi connectivity index (χ4n) is 3.30. The Bertz CT molecular complexity index is 854. The first-order valence-corrected chi connectivity index (χ1v) is 9.53. The molecule has 28 heavy (non-hydrogen) atoms. The van der Waals surface area contributed by atoms with Crippen LogP contribution in [0.4, 0.5) is 0 Å². The summed E-state index contributed by atoms with van der Waals surface area (Å²) >= 11 is 5.89. The third-order valence-corrected chi connectivity index (χ3v) is 5.06. The van der Waals surface area contributed by atoms with Gasteiger partial charge in [0.15, 0.2) is 11.5 Å². The molecule has 2 aromatic carbocycles. The van der Waals surface area contributed by atoms with E-state index >= 15 is 0 Å². The van der Waals surface area contributed by atoms with Crippen LogP contribution in [0.25, 0.3) is 0 Å². The number of halogens is 1. The molecule has 1 unspecified atom stereocenters. The first-order chi connectivity index (χ1) is 13.5. The topological polar surface area (TPSA) is 81.9 Å². The van der Waals surface area contributed by atoms with Crippen molar-refractivity contribution >= 4 is 23.4 Å². The second-order valence-electron chi connectivity index (χ2n) is 6.69. The van der Waals surface area contributed by atoms with Crippen molar-refractivity contribution in [2.45, 2.75) is 31.9 Å². The molecule has 1 aliphatic heterocycles. The molecule has 2 N–H and O–H groups in total. The summed E-state index contributed by atoms with van der Waals surface area (Å²) in [6.45, 7) is 0.861. The molecular formula is C21H23ClN2O4. The number of methoxy groups -OCH3 is 1. The number of primary amides is 1. The molecule has 1 fully saturated rings. The summed E-state index contributed by atoms with van der Waals surface area (Å²) in [6.07, 6.45) is 2.34. The van der Waals surface area contributed by atoms with Crippen LogP contribution in [0.3, 0.4) is 0 Å². The number of nitrogens with two attached hydrogens (primary N) is 1. The second kappa shape index (κ2) is 8.97. The van der Waals surface area contributed by atoms with E-state index in [-0.39, 0.29) is 5.91 Å². The van der Waals surface area contributed by atoms with Gasteiger partial charge in [-0.1, -0.05) is 23.7 Å². The lowest BCUT2D eigenvalue weighted by atomic mass is 10.00. The number of rotatable bonds is 6. The Kier molecular flexibility index (Phi) is 6.41. The smallest absolute Gasteiger partial charge is 0.254 e. The highest BCUT2D eigenvalue weighted by Crippen LogP contribution is 2.30. The van der Waals surface area contributed by atoms with Gasteiger partial charge in [0.2, 0.25) is 5.91 Å². The summed E-state index contributed by atoms with van der Waals surface area (Å²) in [7, 11) is 1.52. The van der Waals surface area contributed by atoms with Gasteiger partial charge >= 0.3 is 0 Å². The van der Waals surface area contributed by atoms with Crippen molar-refractivity contribution in [3.63, 3.8) is 0 Å². The predicted octanol–water partition coefficient (Wildman–Crippen LogP) is 3.41. The van der Waals surface area contributed by atoms with Gasteiger partial charge in [0, 0.05) is 17.1 Å². The summed E-state index contributed by atoms with van der Waals surface area (Å²) in [5, 5.41) is 0.663. The van der Waals surface area contributed by atoms with Crippen molar-refractivity contribution in [3.8, 4) is 11.5 Å². The minimum absolute atomic E-state index is 0.231. The molecule has 1 heterocycles. The normalized spacial score (nSPS) is 16.5. The number of hydrogen-bond donors (Lipinski definition) is 1. The van der Waals surface area contributed by atoms with Gasteiger partial charge in [-0.3, -0.25) is 9.59 Å². The van der Waals surface area contributed by atoms with E-state index in [9.17, 15) is 9.59 Å². The molecule has 0 bridgehead atoms. The first kappa shape index (κ1) is 20.0. The third kappa shape index (κ3) is 4.57. The van der Waals surface area contributed by atoms with E-state index in [2.05, 4.69) is 0 Å². The molecule has 3 rings (SSSR count). The van der Waals surface area contributed by atoms with Crippen LogP contribution in [-0.4, -0.2) is 36.4 Å². The molecule has 2 aromatic rings. The van der Waals surface area contributed by atoms with Crippen LogP contribution in [0.2, 0.25) is 5.02 Å². The zero-order valence-corrected chi connectivity index (χ0v) is 16.4. The van der Waals surface area contributed by atoms with Gasteiger partial charge in [-0.15, -0.1) is 0 Å². The highest BCUT2D eigenvalue weighted by atomic mass is 35.5. The third-order valence-electron chi connectivity index (χ3n) is 4.81. The van der Waals surface area contributed by atoms with E-state index < -0.39 is 11.9 Å². The number of carbonyl (C=O) groups is 2. The number of likely N-dealkylation sites (tertiary alicyclic amines) is 1. The molecule has 1 aliphatic rings.